The lowest BCUT2D eigenvalue weighted by atomic mass is 10.0. The zero-order valence-electron chi connectivity index (χ0n) is 15.2. The zero-order valence-corrected chi connectivity index (χ0v) is 16.8. The van der Waals surface area contributed by atoms with Gasteiger partial charge in [0.05, 0.1) is 16.1 Å². The van der Waals surface area contributed by atoms with E-state index in [1.54, 1.807) is 0 Å². The van der Waals surface area contributed by atoms with Crippen molar-refractivity contribution in [1.82, 2.24) is 4.31 Å². The second-order valence-corrected chi connectivity index (χ2v) is 8.71. The van der Waals surface area contributed by atoms with Crippen LogP contribution in [0.1, 0.15) is 21.5 Å². The molecule has 2 aromatic rings. The Labute approximate surface area is 172 Å². The highest BCUT2D eigenvalue weighted by molar-refractivity contribution is 7.89. The normalized spacial score (nSPS) is 12.9. The average molecular weight is 475 g/mol. The number of rotatable bonds is 4. The summed E-state index contributed by atoms with van der Waals surface area (Å²) in [5.74, 6) is -1.30. The fraction of sp³-hybridized carbons (Fsp3) is 0.235. The highest BCUT2D eigenvalue weighted by Crippen LogP contribution is 2.36. The van der Waals surface area contributed by atoms with E-state index in [0.29, 0.717) is 0 Å². The monoisotopic (exact) mass is 474 g/mol. The molecule has 0 unspecified atom stereocenters. The maximum absolute atomic E-state index is 12.9. The summed E-state index contributed by atoms with van der Waals surface area (Å²) in [7, 11) is -1.59. The van der Waals surface area contributed by atoms with E-state index in [2.05, 4.69) is 5.32 Å². The van der Waals surface area contributed by atoms with Crippen molar-refractivity contribution in [3.63, 3.8) is 0 Å². The van der Waals surface area contributed by atoms with Gasteiger partial charge in [-0.05, 0) is 36.4 Å². The molecular weight excluding hydrogens is 462 g/mol. The maximum atomic E-state index is 12.9. The molecule has 0 aromatic heterocycles. The molecule has 0 atom stereocenters. The molecular formula is C17H13ClF6N2O3S. The Bertz CT molecular complexity index is 1050. The first-order valence-electron chi connectivity index (χ1n) is 7.86. The highest BCUT2D eigenvalue weighted by atomic mass is 35.5. The van der Waals surface area contributed by atoms with Crippen molar-refractivity contribution in [2.45, 2.75) is 17.2 Å². The van der Waals surface area contributed by atoms with Crippen LogP contribution in [0.3, 0.4) is 0 Å². The van der Waals surface area contributed by atoms with Gasteiger partial charge in [-0.2, -0.15) is 26.3 Å². The third-order valence-electron chi connectivity index (χ3n) is 3.80. The summed E-state index contributed by atoms with van der Waals surface area (Å²) in [5, 5.41) is 1.88. The lowest BCUT2D eigenvalue weighted by molar-refractivity contribution is -0.143. The quantitative estimate of drug-likeness (QED) is 0.642. The van der Waals surface area contributed by atoms with Crippen molar-refractivity contribution in [2.24, 2.45) is 0 Å². The number of benzene rings is 2. The van der Waals surface area contributed by atoms with Crippen LogP contribution in [0.2, 0.25) is 5.02 Å². The number of sulfonamides is 1. The summed E-state index contributed by atoms with van der Waals surface area (Å²) >= 11 is 5.85. The Hall–Kier alpha value is -2.31. The standard InChI is InChI=1S/C17H13ClF6N2O3S/c1-26(2)30(28,29)14-8-12(3-4-13(14)18)25-15(27)9-5-10(16(19,20)21)7-11(6-9)17(22,23)24/h3-8H,1-2H3,(H,25,27). The molecule has 0 saturated carbocycles. The van der Waals surface area contributed by atoms with Gasteiger partial charge in [-0.25, -0.2) is 12.7 Å². The number of halogens is 7. The van der Waals surface area contributed by atoms with Gasteiger partial charge in [0.25, 0.3) is 5.91 Å². The van der Waals surface area contributed by atoms with Crippen molar-refractivity contribution in [3.8, 4) is 0 Å². The number of nitrogens with one attached hydrogen (secondary N) is 1. The molecule has 5 nitrogen and oxygen atoms in total. The van der Waals surface area contributed by atoms with E-state index in [4.69, 9.17) is 11.6 Å². The second-order valence-electron chi connectivity index (χ2n) is 6.18. The molecule has 13 heteroatoms. The van der Waals surface area contributed by atoms with Crippen LogP contribution >= 0.6 is 11.6 Å². The van der Waals surface area contributed by atoms with Crippen LogP contribution in [0.5, 0.6) is 0 Å². The number of amides is 1. The molecule has 1 amide bonds. The SMILES string of the molecule is CN(C)S(=O)(=O)c1cc(NC(=O)c2cc(C(F)(F)F)cc(C(F)(F)F)c2)ccc1Cl. The lowest BCUT2D eigenvalue weighted by Crippen LogP contribution is -2.23. The molecule has 164 valence electrons. The van der Waals surface area contributed by atoms with Gasteiger partial charge in [-0.1, -0.05) is 11.6 Å². The summed E-state index contributed by atoms with van der Waals surface area (Å²) < 4.78 is 103. The molecule has 0 fully saturated rings. The van der Waals surface area contributed by atoms with E-state index in [1.807, 2.05) is 0 Å². The topological polar surface area (TPSA) is 66.5 Å². The van der Waals surface area contributed by atoms with Gasteiger partial charge >= 0.3 is 12.4 Å². The van der Waals surface area contributed by atoms with E-state index < -0.39 is 49.9 Å². The van der Waals surface area contributed by atoms with Gasteiger partial charge in [0.15, 0.2) is 0 Å². The fourth-order valence-electron chi connectivity index (χ4n) is 2.26. The number of hydrogen-bond donors (Lipinski definition) is 1. The smallest absolute Gasteiger partial charge is 0.322 e. The lowest BCUT2D eigenvalue weighted by Gasteiger charge is -2.15. The van der Waals surface area contributed by atoms with Crippen LogP contribution in [0.25, 0.3) is 0 Å². The first kappa shape index (κ1) is 24.0. The van der Waals surface area contributed by atoms with Crippen LogP contribution in [0, 0.1) is 0 Å². The third kappa shape index (κ3) is 5.24. The zero-order chi connectivity index (χ0) is 23.1. The molecule has 2 aromatic carbocycles. The molecule has 30 heavy (non-hydrogen) atoms. The maximum Gasteiger partial charge on any atom is 0.416 e. The minimum atomic E-state index is -5.12. The number of anilines is 1. The predicted octanol–water partition coefficient (Wildman–Crippen LogP) is 4.88. The molecule has 1 N–H and O–H groups in total. The molecule has 0 aliphatic heterocycles. The average Bonchev–Trinajstić information content (AvgIpc) is 2.61. The van der Waals surface area contributed by atoms with Crippen LogP contribution in [0.15, 0.2) is 41.3 Å². The van der Waals surface area contributed by atoms with E-state index >= 15 is 0 Å². The minimum Gasteiger partial charge on any atom is -0.322 e. The molecule has 0 radical (unpaired) electrons. The Kier molecular flexibility index (Phi) is 6.45. The van der Waals surface area contributed by atoms with E-state index in [1.165, 1.54) is 14.1 Å². The van der Waals surface area contributed by atoms with Crippen LogP contribution in [-0.4, -0.2) is 32.7 Å². The van der Waals surface area contributed by atoms with Crippen molar-refractivity contribution >= 4 is 33.2 Å². The fourth-order valence-corrected chi connectivity index (χ4v) is 3.66. The molecule has 0 spiro atoms. The minimum absolute atomic E-state index is 0.110. The van der Waals surface area contributed by atoms with Crippen molar-refractivity contribution in [2.75, 3.05) is 19.4 Å². The van der Waals surface area contributed by atoms with Crippen molar-refractivity contribution in [1.29, 1.82) is 0 Å². The predicted molar refractivity (Wildman–Crippen MR) is 96.7 cm³/mol. The molecule has 0 bridgehead atoms. The van der Waals surface area contributed by atoms with Crippen molar-refractivity contribution in [3.05, 3.63) is 58.1 Å². The Morgan fingerprint density at radius 3 is 1.87 bits per heavy atom. The van der Waals surface area contributed by atoms with Gasteiger partial charge in [0.1, 0.15) is 4.90 Å². The molecule has 2 rings (SSSR count). The van der Waals surface area contributed by atoms with Crippen LogP contribution in [0.4, 0.5) is 32.0 Å². The van der Waals surface area contributed by atoms with Crippen molar-refractivity contribution < 1.29 is 39.6 Å². The highest BCUT2D eigenvalue weighted by Gasteiger charge is 2.37. The first-order valence-corrected chi connectivity index (χ1v) is 9.68. The van der Waals surface area contributed by atoms with E-state index in [-0.39, 0.29) is 28.9 Å². The summed E-state index contributed by atoms with van der Waals surface area (Å²) in [6.07, 6.45) is -10.2. The summed E-state index contributed by atoms with van der Waals surface area (Å²) in [6, 6.07) is 3.61. The van der Waals surface area contributed by atoms with E-state index in [0.717, 1.165) is 22.5 Å². The molecule has 0 saturated heterocycles. The number of carbonyl (C=O) groups excluding carboxylic acids is 1. The van der Waals surface area contributed by atoms with E-state index in [9.17, 15) is 39.6 Å². The Morgan fingerprint density at radius 2 is 1.43 bits per heavy atom. The molecule has 0 aliphatic carbocycles. The van der Waals surface area contributed by atoms with Gasteiger partial charge < -0.3 is 5.32 Å². The number of hydrogen-bond acceptors (Lipinski definition) is 3. The second kappa shape index (κ2) is 8.08. The Balaban J connectivity index is 2.48. The third-order valence-corrected chi connectivity index (χ3v) is 6.09. The summed E-state index contributed by atoms with van der Waals surface area (Å²) in [6.45, 7) is 0. The molecule has 0 aliphatic rings. The summed E-state index contributed by atoms with van der Waals surface area (Å²) in [4.78, 5) is 11.9. The van der Waals surface area contributed by atoms with Gasteiger partial charge in [-0.15, -0.1) is 0 Å². The molecule has 0 heterocycles. The van der Waals surface area contributed by atoms with Gasteiger partial charge in [0.2, 0.25) is 10.0 Å². The number of carbonyl (C=O) groups is 1. The number of alkyl halides is 6. The number of nitrogens with zero attached hydrogens (tertiary/aromatic N) is 1. The van der Waals surface area contributed by atoms with Gasteiger partial charge in [0, 0.05) is 25.3 Å². The van der Waals surface area contributed by atoms with Gasteiger partial charge in [-0.3, -0.25) is 4.79 Å². The Morgan fingerprint density at radius 1 is 0.933 bits per heavy atom. The summed E-state index contributed by atoms with van der Waals surface area (Å²) in [5.41, 5.74) is -4.43. The first-order chi connectivity index (χ1) is 13.5. The van der Waals surface area contributed by atoms with Crippen LogP contribution < -0.4 is 5.32 Å². The van der Waals surface area contributed by atoms with Crippen LogP contribution in [-0.2, 0) is 22.4 Å². The largest absolute Gasteiger partial charge is 0.416 e.